The van der Waals surface area contributed by atoms with Crippen LogP contribution in [0.5, 0.6) is 0 Å². The molecule has 5 heteroatoms. The van der Waals surface area contributed by atoms with Crippen LogP contribution < -0.4 is 5.32 Å². The van der Waals surface area contributed by atoms with Crippen LogP contribution in [-0.2, 0) is 4.79 Å². The molecule has 0 aromatic carbocycles. The molecule has 1 N–H and O–H groups in total. The highest BCUT2D eigenvalue weighted by molar-refractivity contribution is 5.85. The summed E-state index contributed by atoms with van der Waals surface area (Å²) in [5.41, 5.74) is 0. The predicted octanol–water partition coefficient (Wildman–Crippen LogP) is 2.27. The van der Waals surface area contributed by atoms with Crippen molar-refractivity contribution in [1.82, 2.24) is 15.1 Å². The van der Waals surface area contributed by atoms with E-state index in [1.807, 2.05) is 7.05 Å². The largest absolute Gasteiger partial charge is 0.338 e. The summed E-state index contributed by atoms with van der Waals surface area (Å²) in [6, 6.07) is 1.13. The Morgan fingerprint density at radius 2 is 1.77 bits per heavy atom. The van der Waals surface area contributed by atoms with Gasteiger partial charge in [-0.15, -0.1) is 12.4 Å². The SMILES string of the molecule is CNC1CCCN(CC(=O)N2CCCC3CCCCC32)C1.Cl. The molecule has 1 amide bonds. The maximum atomic E-state index is 12.8. The van der Waals surface area contributed by atoms with E-state index in [0.717, 1.165) is 25.6 Å². The molecule has 1 aliphatic carbocycles. The van der Waals surface area contributed by atoms with Gasteiger partial charge in [-0.3, -0.25) is 9.69 Å². The average molecular weight is 330 g/mol. The van der Waals surface area contributed by atoms with Gasteiger partial charge in [0.15, 0.2) is 0 Å². The van der Waals surface area contributed by atoms with Gasteiger partial charge in [-0.25, -0.2) is 0 Å². The Balaban J connectivity index is 0.00000176. The van der Waals surface area contributed by atoms with Gasteiger partial charge in [-0.05, 0) is 58.0 Å². The van der Waals surface area contributed by atoms with Crippen LogP contribution >= 0.6 is 12.4 Å². The number of rotatable bonds is 3. The van der Waals surface area contributed by atoms with E-state index < -0.39 is 0 Å². The summed E-state index contributed by atoms with van der Waals surface area (Å²) < 4.78 is 0. The van der Waals surface area contributed by atoms with E-state index in [0.29, 0.717) is 24.5 Å². The third-order valence-electron chi connectivity index (χ3n) is 5.84. The van der Waals surface area contributed by atoms with Crippen molar-refractivity contribution in [3.63, 3.8) is 0 Å². The lowest BCUT2D eigenvalue weighted by molar-refractivity contribution is -0.139. The summed E-state index contributed by atoms with van der Waals surface area (Å²) in [6.07, 6.45) is 10.3. The van der Waals surface area contributed by atoms with E-state index in [-0.39, 0.29) is 12.4 Å². The van der Waals surface area contributed by atoms with Crippen molar-refractivity contribution in [2.75, 3.05) is 33.2 Å². The van der Waals surface area contributed by atoms with E-state index in [4.69, 9.17) is 0 Å². The zero-order valence-corrected chi connectivity index (χ0v) is 14.7. The second-order valence-electron chi connectivity index (χ2n) is 7.20. The maximum Gasteiger partial charge on any atom is 0.237 e. The molecule has 2 aliphatic heterocycles. The highest BCUT2D eigenvalue weighted by atomic mass is 35.5. The Morgan fingerprint density at radius 1 is 1.05 bits per heavy atom. The Bertz CT molecular complexity index is 364. The molecular weight excluding hydrogens is 298 g/mol. The highest BCUT2D eigenvalue weighted by Crippen LogP contribution is 2.35. The van der Waals surface area contributed by atoms with Crippen LogP contribution in [0.15, 0.2) is 0 Å². The molecule has 4 nitrogen and oxygen atoms in total. The summed E-state index contributed by atoms with van der Waals surface area (Å²) in [5, 5.41) is 3.37. The molecule has 0 aromatic rings. The lowest BCUT2D eigenvalue weighted by Gasteiger charge is -2.45. The van der Waals surface area contributed by atoms with Crippen LogP contribution in [0.1, 0.15) is 51.4 Å². The van der Waals surface area contributed by atoms with Crippen molar-refractivity contribution < 1.29 is 4.79 Å². The van der Waals surface area contributed by atoms with Crippen molar-refractivity contribution in [3.05, 3.63) is 0 Å². The summed E-state index contributed by atoms with van der Waals surface area (Å²) in [7, 11) is 2.03. The van der Waals surface area contributed by atoms with E-state index in [1.54, 1.807) is 0 Å². The fourth-order valence-electron chi connectivity index (χ4n) is 4.65. The number of carbonyl (C=O) groups excluding carboxylic acids is 1. The number of carbonyl (C=O) groups is 1. The van der Waals surface area contributed by atoms with E-state index in [2.05, 4.69) is 15.1 Å². The highest BCUT2D eigenvalue weighted by Gasteiger charge is 2.36. The third-order valence-corrected chi connectivity index (χ3v) is 5.84. The molecule has 2 heterocycles. The second-order valence-corrected chi connectivity index (χ2v) is 7.20. The van der Waals surface area contributed by atoms with Crippen molar-refractivity contribution in [2.24, 2.45) is 5.92 Å². The number of likely N-dealkylation sites (N-methyl/N-ethyl adjacent to an activating group) is 1. The number of hydrogen-bond donors (Lipinski definition) is 1. The minimum atomic E-state index is 0. The number of piperidine rings is 2. The lowest BCUT2D eigenvalue weighted by Crippen LogP contribution is -2.54. The van der Waals surface area contributed by atoms with E-state index >= 15 is 0 Å². The zero-order valence-electron chi connectivity index (χ0n) is 13.9. The van der Waals surface area contributed by atoms with Gasteiger partial charge < -0.3 is 10.2 Å². The third kappa shape index (κ3) is 4.15. The molecule has 3 unspecified atom stereocenters. The first-order chi connectivity index (χ1) is 10.3. The monoisotopic (exact) mass is 329 g/mol. The van der Waals surface area contributed by atoms with E-state index in [9.17, 15) is 4.79 Å². The predicted molar refractivity (Wildman–Crippen MR) is 92.5 cm³/mol. The van der Waals surface area contributed by atoms with Gasteiger partial charge in [0.25, 0.3) is 0 Å². The Labute approximate surface area is 141 Å². The van der Waals surface area contributed by atoms with Gasteiger partial charge in [-0.2, -0.15) is 0 Å². The quantitative estimate of drug-likeness (QED) is 0.862. The van der Waals surface area contributed by atoms with Gasteiger partial charge in [0.05, 0.1) is 6.54 Å². The summed E-state index contributed by atoms with van der Waals surface area (Å²) in [5.74, 6) is 1.19. The van der Waals surface area contributed by atoms with Crippen molar-refractivity contribution in [3.8, 4) is 0 Å². The first kappa shape index (κ1) is 18.0. The Kier molecular flexibility index (Phi) is 6.97. The second kappa shape index (κ2) is 8.51. The van der Waals surface area contributed by atoms with Gasteiger partial charge in [0, 0.05) is 25.2 Å². The Morgan fingerprint density at radius 3 is 2.59 bits per heavy atom. The Hall–Kier alpha value is -0.320. The topological polar surface area (TPSA) is 35.6 Å². The maximum absolute atomic E-state index is 12.8. The molecule has 128 valence electrons. The van der Waals surface area contributed by atoms with Crippen molar-refractivity contribution >= 4 is 18.3 Å². The first-order valence-electron chi connectivity index (χ1n) is 8.97. The molecule has 3 atom stereocenters. The molecule has 0 bridgehead atoms. The minimum Gasteiger partial charge on any atom is -0.338 e. The molecular formula is C17H32ClN3O. The summed E-state index contributed by atoms with van der Waals surface area (Å²) in [6.45, 7) is 3.76. The van der Waals surface area contributed by atoms with Gasteiger partial charge >= 0.3 is 0 Å². The fraction of sp³-hybridized carbons (Fsp3) is 0.941. The number of amides is 1. The molecule has 0 spiro atoms. The standard InChI is InChI=1S/C17H31N3O.ClH/c1-18-15-8-5-10-19(12-15)13-17(21)20-11-4-7-14-6-2-3-9-16(14)20;/h14-16,18H,2-13H2,1H3;1H. The molecule has 22 heavy (non-hydrogen) atoms. The fourth-order valence-corrected chi connectivity index (χ4v) is 4.65. The van der Waals surface area contributed by atoms with Gasteiger partial charge in [0.1, 0.15) is 0 Å². The van der Waals surface area contributed by atoms with Crippen LogP contribution in [0.2, 0.25) is 0 Å². The summed E-state index contributed by atoms with van der Waals surface area (Å²) in [4.78, 5) is 17.4. The average Bonchev–Trinajstić information content (AvgIpc) is 2.54. The number of nitrogens with one attached hydrogen (secondary N) is 1. The van der Waals surface area contributed by atoms with Crippen LogP contribution in [0.4, 0.5) is 0 Å². The van der Waals surface area contributed by atoms with Crippen LogP contribution in [0, 0.1) is 5.92 Å². The normalized spacial score (nSPS) is 33.0. The molecule has 0 aromatic heterocycles. The number of halogens is 1. The van der Waals surface area contributed by atoms with Crippen molar-refractivity contribution in [2.45, 2.75) is 63.5 Å². The number of nitrogens with zero attached hydrogens (tertiary/aromatic N) is 2. The molecule has 3 aliphatic rings. The van der Waals surface area contributed by atoms with Crippen LogP contribution in [0.25, 0.3) is 0 Å². The first-order valence-corrected chi connectivity index (χ1v) is 8.97. The van der Waals surface area contributed by atoms with Crippen LogP contribution in [0.3, 0.4) is 0 Å². The van der Waals surface area contributed by atoms with Crippen LogP contribution in [-0.4, -0.2) is 61.0 Å². The molecule has 0 radical (unpaired) electrons. The lowest BCUT2D eigenvalue weighted by atomic mass is 9.78. The van der Waals surface area contributed by atoms with Gasteiger partial charge in [0.2, 0.25) is 5.91 Å². The number of hydrogen-bond acceptors (Lipinski definition) is 3. The van der Waals surface area contributed by atoms with Crippen molar-refractivity contribution in [1.29, 1.82) is 0 Å². The minimum absolute atomic E-state index is 0. The number of likely N-dealkylation sites (tertiary alicyclic amines) is 2. The zero-order chi connectivity index (χ0) is 14.7. The summed E-state index contributed by atoms with van der Waals surface area (Å²) >= 11 is 0. The van der Waals surface area contributed by atoms with Gasteiger partial charge in [-0.1, -0.05) is 12.8 Å². The molecule has 2 saturated heterocycles. The molecule has 1 saturated carbocycles. The molecule has 3 rings (SSSR count). The molecule has 3 fully saturated rings. The number of fused-ring (bicyclic) bond motifs is 1. The van der Waals surface area contributed by atoms with E-state index in [1.165, 1.54) is 51.4 Å². The smallest absolute Gasteiger partial charge is 0.237 e.